The van der Waals surface area contributed by atoms with Crippen LogP contribution in [0.25, 0.3) is 0 Å². The van der Waals surface area contributed by atoms with Crippen molar-refractivity contribution in [3.05, 3.63) is 35.9 Å². The summed E-state index contributed by atoms with van der Waals surface area (Å²) in [6.45, 7) is 3.60. The second kappa shape index (κ2) is 7.53. The molecule has 5 heteroatoms. The van der Waals surface area contributed by atoms with Crippen molar-refractivity contribution in [2.24, 2.45) is 5.92 Å². The van der Waals surface area contributed by atoms with Crippen molar-refractivity contribution < 1.29 is 14.7 Å². The minimum atomic E-state index is -0.308. The average molecular weight is 264 g/mol. The minimum absolute atomic E-state index is 0.100. The molecule has 1 aromatic carbocycles. The summed E-state index contributed by atoms with van der Waals surface area (Å²) in [6, 6.07) is 8.40. The van der Waals surface area contributed by atoms with Gasteiger partial charge in [-0.3, -0.25) is 9.59 Å². The summed E-state index contributed by atoms with van der Waals surface area (Å²) < 4.78 is 0. The second-order valence-corrected chi connectivity index (χ2v) is 4.65. The van der Waals surface area contributed by atoms with Gasteiger partial charge in [0, 0.05) is 5.56 Å². The first-order valence-corrected chi connectivity index (χ1v) is 6.28. The first-order valence-electron chi connectivity index (χ1n) is 6.28. The third-order valence-corrected chi connectivity index (χ3v) is 2.79. The lowest BCUT2D eigenvalue weighted by molar-refractivity contribution is -0.121. The Labute approximate surface area is 113 Å². The van der Waals surface area contributed by atoms with E-state index in [2.05, 4.69) is 10.6 Å². The van der Waals surface area contributed by atoms with Crippen LogP contribution in [-0.4, -0.2) is 36.1 Å². The molecule has 1 rings (SSSR count). The number of carbonyl (C=O) groups excluding carboxylic acids is 2. The molecule has 0 aliphatic carbocycles. The highest BCUT2D eigenvalue weighted by Crippen LogP contribution is 2.00. The number of aliphatic hydroxyl groups is 1. The molecule has 3 N–H and O–H groups in total. The number of nitrogens with one attached hydrogen (secondary N) is 2. The van der Waals surface area contributed by atoms with E-state index in [1.165, 1.54) is 0 Å². The van der Waals surface area contributed by atoms with Crippen LogP contribution in [0.3, 0.4) is 0 Å². The molecule has 0 heterocycles. The quantitative estimate of drug-likeness (QED) is 0.702. The molecule has 0 aromatic heterocycles. The number of hydrogen-bond acceptors (Lipinski definition) is 3. The highest BCUT2D eigenvalue weighted by molar-refractivity contribution is 5.96. The minimum Gasteiger partial charge on any atom is -0.394 e. The molecule has 5 nitrogen and oxygen atoms in total. The molecule has 104 valence electrons. The van der Waals surface area contributed by atoms with E-state index in [1.54, 1.807) is 24.3 Å². The van der Waals surface area contributed by atoms with Crippen LogP contribution in [0.2, 0.25) is 0 Å². The largest absolute Gasteiger partial charge is 0.394 e. The molecule has 0 aliphatic rings. The van der Waals surface area contributed by atoms with E-state index < -0.39 is 0 Å². The van der Waals surface area contributed by atoms with Gasteiger partial charge in [-0.1, -0.05) is 32.0 Å². The third-order valence-electron chi connectivity index (χ3n) is 2.79. The summed E-state index contributed by atoms with van der Waals surface area (Å²) in [6.07, 6.45) is 0. The molecule has 0 aliphatic heterocycles. The maximum atomic E-state index is 11.7. The lowest BCUT2D eigenvalue weighted by Gasteiger charge is -2.19. The fourth-order valence-electron chi connectivity index (χ4n) is 1.53. The van der Waals surface area contributed by atoms with E-state index in [0.29, 0.717) is 5.56 Å². The molecule has 19 heavy (non-hydrogen) atoms. The smallest absolute Gasteiger partial charge is 0.251 e. The van der Waals surface area contributed by atoms with Gasteiger partial charge in [-0.15, -0.1) is 0 Å². The van der Waals surface area contributed by atoms with Crippen molar-refractivity contribution in [2.75, 3.05) is 13.2 Å². The molecule has 1 aromatic rings. The molecular formula is C14H20N2O3. The SMILES string of the molecule is CC(C)[C@@H](CO)NC(=O)CNC(=O)c1ccccc1. The third kappa shape index (κ3) is 5.09. The normalized spacial score (nSPS) is 12.0. The van der Waals surface area contributed by atoms with Crippen molar-refractivity contribution in [3.63, 3.8) is 0 Å². The Kier molecular flexibility index (Phi) is 6.02. The predicted molar refractivity (Wildman–Crippen MR) is 72.6 cm³/mol. The van der Waals surface area contributed by atoms with Crippen molar-refractivity contribution in [2.45, 2.75) is 19.9 Å². The zero-order chi connectivity index (χ0) is 14.3. The van der Waals surface area contributed by atoms with Crippen LogP contribution < -0.4 is 10.6 Å². The zero-order valence-corrected chi connectivity index (χ0v) is 11.2. The maximum Gasteiger partial charge on any atom is 0.251 e. The summed E-state index contributed by atoms with van der Waals surface area (Å²) in [7, 11) is 0. The van der Waals surface area contributed by atoms with Crippen LogP contribution >= 0.6 is 0 Å². The fourth-order valence-corrected chi connectivity index (χ4v) is 1.53. The van der Waals surface area contributed by atoms with Gasteiger partial charge in [0.2, 0.25) is 5.91 Å². The van der Waals surface area contributed by atoms with Gasteiger partial charge in [0.25, 0.3) is 5.91 Å². The van der Waals surface area contributed by atoms with Gasteiger partial charge in [0.15, 0.2) is 0 Å². The van der Waals surface area contributed by atoms with Gasteiger partial charge >= 0.3 is 0 Å². The Balaban J connectivity index is 2.40. The van der Waals surface area contributed by atoms with Crippen LogP contribution in [0, 0.1) is 5.92 Å². The van der Waals surface area contributed by atoms with Gasteiger partial charge in [-0.05, 0) is 18.1 Å². The summed E-state index contributed by atoms with van der Waals surface area (Å²) in [4.78, 5) is 23.3. The lowest BCUT2D eigenvalue weighted by Crippen LogP contribution is -2.45. The number of amides is 2. The van der Waals surface area contributed by atoms with Gasteiger partial charge in [-0.25, -0.2) is 0 Å². The highest BCUT2D eigenvalue weighted by atomic mass is 16.3. The Morgan fingerprint density at radius 2 is 1.84 bits per heavy atom. The Morgan fingerprint density at radius 1 is 1.21 bits per heavy atom. The number of benzene rings is 1. The van der Waals surface area contributed by atoms with Gasteiger partial charge in [0.05, 0.1) is 19.2 Å². The average Bonchev–Trinajstić information content (AvgIpc) is 2.42. The first kappa shape index (κ1) is 15.2. The number of aliphatic hydroxyl groups excluding tert-OH is 1. The van der Waals surface area contributed by atoms with Gasteiger partial charge < -0.3 is 15.7 Å². The zero-order valence-electron chi connectivity index (χ0n) is 11.2. The van der Waals surface area contributed by atoms with E-state index in [1.807, 2.05) is 19.9 Å². The number of carbonyl (C=O) groups is 2. The van der Waals surface area contributed by atoms with E-state index in [9.17, 15) is 9.59 Å². The molecule has 2 amide bonds. The predicted octanol–water partition coefficient (Wildman–Crippen LogP) is 0.549. The topological polar surface area (TPSA) is 78.4 Å². The van der Waals surface area contributed by atoms with Gasteiger partial charge in [0.1, 0.15) is 0 Å². The van der Waals surface area contributed by atoms with Crippen molar-refractivity contribution in [3.8, 4) is 0 Å². The molecule has 0 radical (unpaired) electrons. The summed E-state index contributed by atoms with van der Waals surface area (Å²) >= 11 is 0. The Bertz CT molecular complexity index is 418. The molecule has 0 fully saturated rings. The molecular weight excluding hydrogens is 244 g/mol. The summed E-state index contributed by atoms with van der Waals surface area (Å²) in [5.41, 5.74) is 0.512. The Hall–Kier alpha value is -1.88. The molecule has 1 atom stereocenters. The Morgan fingerprint density at radius 3 is 2.37 bits per heavy atom. The van der Waals surface area contributed by atoms with Crippen LogP contribution in [0.5, 0.6) is 0 Å². The van der Waals surface area contributed by atoms with Crippen LogP contribution in [0.15, 0.2) is 30.3 Å². The van der Waals surface area contributed by atoms with Crippen LogP contribution in [-0.2, 0) is 4.79 Å². The molecule has 0 spiro atoms. The summed E-state index contributed by atoms with van der Waals surface area (Å²) in [5.74, 6) is -0.461. The number of rotatable bonds is 6. The maximum absolute atomic E-state index is 11.7. The fraction of sp³-hybridized carbons (Fsp3) is 0.429. The lowest BCUT2D eigenvalue weighted by atomic mass is 10.1. The molecule has 0 unspecified atom stereocenters. The monoisotopic (exact) mass is 264 g/mol. The molecule has 0 bridgehead atoms. The second-order valence-electron chi connectivity index (χ2n) is 4.65. The first-order chi connectivity index (χ1) is 9.04. The van der Waals surface area contributed by atoms with Gasteiger partial charge in [-0.2, -0.15) is 0 Å². The van der Waals surface area contributed by atoms with E-state index in [0.717, 1.165) is 0 Å². The van der Waals surface area contributed by atoms with Crippen LogP contribution in [0.1, 0.15) is 24.2 Å². The van der Waals surface area contributed by atoms with E-state index in [4.69, 9.17) is 5.11 Å². The van der Waals surface area contributed by atoms with Crippen molar-refractivity contribution >= 4 is 11.8 Å². The van der Waals surface area contributed by atoms with E-state index >= 15 is 0 Å². The van der Waals surface area contributed by atoms with Crippen molar-refractivity contribution in [1.82, 2.24) is 10.6 Å². The standard InChI is InChI=1S/C14H20N2O3/c1-10(2)12(9-17)16-13(18)8-15-14(19)11-6-4-3-5-7-11/h3-7,10,12,17H,8-9H2,1-2H3,(H,15,19)(H,16,18)/t12-/m1/s1. The molecule has 0 saturated heterocycles. The summed E-state index contributed by atoms with van der Waals surface area (Å²) in [5, 5.41) is 14.3. The van der Waals surface area contributed by atoms with Crippen LogP contribution in [0.4, 0.5) is 0 Å². The highest BCUT2D eigenvalue weighted by Gasteiger charge is 2.15. The van der Waals surface area contributed by atoms with E-state index in [-0.39, 0.29) is 36.9 Å². The van der Waals surface area contributed by atoms with Crippen molar-refractivity contribution in [1.29, 1.82) is 0 Å². The number of hydrogen-bond donors (Lipinski definition) is 3. The molecule has 0 saturated carbocycles.